The fourth-order valence-corrected chi connectivity index (χ4v) is 4.13. The Balaban J connectivity index is 1.55. The number of allylic oxidation sites excluding steroid dienone is 1. The van der Waals surface area contributed by atoms with Crippen molar-refractivity contribution in [3.05, 3.63) is 124 Å². The average molecular weight is 429 g/mol. The molecule has 4 aromatic carbocycles. The molecule has 5 aromatic rings. The smallest absolute Gasteiger partial charge is 0.269 e. The van der Waals surface area contributed by atoms with E-state index in [1.54, 1.807) is 12.1 Å². The second-order valence-corrected chi connectivity index (χ2v) is 7.88. The molecule has 33 heavy (non-hydrogen) atoms. The Morgan fingerprint density at radius 2 is 1.67 bits per heavy atom. The van der Waals surface area contributed by atoms with E-state index < -0.39 is 4.92 Å². The summed E-state index contributed by atoms with van der Waals surface area (Å²) >= 11 is 0. The van der Waals surface area contributed by atoms with Crippen molar-refractivity contribution in [2.24, 2.45) is 0 Å². The summed E-state index contributed by atoms with van der Waals surface area (Å²) in [6.45, 7) is 0.574. The zero-order chi connectivity index (χ0) is 22.8. The van der Waals surface area contributed by atoms with Gasteiger partial charge in [0.25, 0.3) is 5.69 Å². The highest BCUT2D eigenvalue weighted by Crippen LogP contribution is 2.28. The topological polar surface area (TPSA) is 71.9 Å². The van der Waals surface area contributed by atoms with E-state index in [9.17, 15) is 15.4 Å². The average Bonchev–Trinajstić information content (AvgIpc) is 3.19. The SMILES string of the molecule is N#C/C(=C/c1cn(Cc2ccc([N+](=O)[O-])cc2)c2ccccc12)c1ccc2ccccc2c1. The van der Waals surface area contributed by atoms with Crippen LogP contribution in [0, 0.1) is 21.4 Å². The van der Waals surface area contributed by atoms with E-state index in [1.165, 1.54) is 12.1 Å². The van der Waals surface area contributed by atoms with Gasteiger partial charge in [-0.25, -0.2) is 0 Å². The second-order valence-electron chi connectivity index (χ2n) is 7.88. The zero-order valence-electron chi connectivity index (χ0n) is 17.7. The molecule has 0 atom stereocenters. The molecule has 1 heterocycles. The quantitative estimate of drug-likeness (QED) is 0.175. The van der Waals surface area contributed by atoms with E-state index in [0.717, 1.165) is 38.4 Å². The number of hydrogen-bond acceptors (Lipinski definition) is 3. The lowest BCUT2D eigenvalue weighted by molar-refractivity contribution is -0.384. The molecule has 0 saturated carbocycles. The molecule has 0 unspecified atom stereocenters. The molecule has 5 heteroatoms. The lowest BCUT2D eigenvalue weighted by Gasteiger charge is -2.05. The Morgan fingerprint density at radius 1 is 0.939 bits per heavy atom. The number of non-ortho nitro benzene ring substituents is 1. The fourth-order valence-electron chi connectivity index (χ4n) is 4.13. The van der Waals surface area contributed by atoms with Gasteiger partial charge in [0.1, 0.15) is 0 Å². The molecule has 0 aliphatic rings. The van der Waals surface area contributed by atoms with Crippen molar-refractivity contribution in [2.75, 3.05) is 0 Å². The van der Waals surface area contributed by atoms with E-state index in [4.69, 9.17) is 0 Å². The highest BCUT2D eigenvalue weighted by atomic mass is 16.6. The first kappa shape index (κ1) is 20.2. The van der Waals surface area contributed by atoms with Crippen molar-refractivity contribution < 1.29 is 4.92 Å². The van der Waals surface area contributed by atoms with Gasteiger partial charge in [-0.3, -0.25) is 10.1 Å². The minimum Gasteiger partial charge on any atom is -0.342 e. The monoisotopic (exact) mass is 429 g/mol. The van der Waals surface area contributed by atoms with Crippen LogP contribution in [0.1, 0.15) is 16.7 Å². The number of hydrogen-bond donors (Lipinski definition) is 0. The van der Waals surface area contributed by atoms with Crippen LogP contribution in [0.4, 0.5) is 5.69 Å². The maximum atomic E-state index is 10.9. The van der Waals surface area contributed by atoms with Crippen molar-refractivity contribution in [2.45, 2.75) is 6.54 Å². The van der Waals surface area contributed by atoms with Gasteiger partial charge in [0, 0.05) is 41.3 Å². The van der Waals surface area contributed by atoms with Crippen LogP contribution in [0.2, 0.25) is 0 Å². The minimum atomic E-state index is -0.395. The summed E-state index contributed by atoms with van der Waals surface area (Å²) < 4.78 is 2.11. The predicted octanol–water partition coefficient (Wildman–Crippen LogP) is 6.82. The van der Waals surface area contributed by atoms with Gasteiger partial charge in [0.05, 0.1) is 16.6 Å². The van der Waals surface area contributed by atoms with Crippen molar-refractivity contribution >= 4 is 39.0 Å². The van der Waals surface area contributed by atoms with E-state index in [0.29, 0.717) is 12.1 Å². The number of nitriles is 1. The van der Waals surface area contributed by atoms with E-state index in [2.05, 4.69) is 16.7 Å². The lowest BCUT2D eigenvalue weighted by Crippen LogP contribution is -1.98. The number of benzene rings is 4. The molecule has 0 aliphatic heterocycles. The van der Waals surface area contributed by atoms with Crippen molar-refractivity contribution in [1.29, 1.82) is 5.26 Å². The molecule has 0 amide bonds. The summed E-state index contributed by atoms with van der Waals surface area (Å²) in [7, 11) is 0. The molecule has 158 valence electrons. The standard InChI is InChI=1S/C28H19N3O2/c29-17-24(23-12-11-21-5-1-2-6-22(21)15-23)16-25-19-30(28-8-4-3-7-27(25)28)18-20-9-13-26(14-10-20)31(32)33/h1-16,19H,18H2/b24-16-. The third-order valence-electron chi connectivity index (χ3n) is 5.80. The Bertz CT molecular complexity index is 1570. The summed E-state index contributed by atoms with van der Waals surface area (Å²) in [5.41, 5.74) is 4.51. The molecule has 0 aliphatic carbocycles. The molecule has 0 saturated heterocycles. The third-order valence-corrected chi connectivity index (χ3v) is 5.80. The molecule has 1 aromatic heterocycles. The van der Waals surface area contributed by atoms with E-state index >= 15 is 0 Å². The van der Waals surface area contributed by atoms with Crippen LogP contribution in [-0.2, 0) is 6.54 Å². The number of nitro benzene ring substituents is 1. The Hall–Kier alpha value is -4.69. The zero-order valence-corrected chi connectivity index (χ0v) is 17.7. The molecule has 5 nitrogen and oxygen atoms in total. The van der Waals surface area contributed by atoms with Gasteiger partial charge in [-0.2, -0.15) is 5.26 Å². The molecular weight excluding hydrogens is 410 g/mol. The van der Waals surface area contributed by atoms with E-state index in [1.807, 2.05) is 72.9 Å². The summed E-state index contributed by atoms with van der Waals surface area (Å²) in [6, 6.07) is 31.2. The van der Waals surface area contributed by atoms with Gasteiger partial charge >= 0.3 is 0 Å². The van der Waals surface area contributed by atoms with Crippen LogP contribution < -0.4 is 0 Å². The van der Waals surface area contributed by atoms with Crippen LogP contribution in [0.3, 0.4) is 0 Å². The Labute approximate surface area is 190 Å². The summed E-state index contributed by atoms with van der Waals surface area (Å²) in [6.07, 6.45) is 3.96. The molecule has 0 radical (unpaired) electrons. The minimum absolute atomic E-state index is 0.0776. The number of aromatic nitrogens is 1. The molecule has 0 fully saturated rings. The summed E-state index contributed by atoms with van der Waals surface area (Å²) in [4.78, 5) is 10.5. The maximum Gasteiger partial charge on any atom is 0.269 e. The Morgan fingerprint density at radius 3 is 2.42 bits per heavy atom. The highest BCUT2D eigenvalue weighted by Gasteiger charge is 2.11. The van der Waals surface area contributed by atoms with Gasteiger partial charge < -0.3 is 4.57 Å². The number of fused-ring (bicyclic) bond motifs is 2. The predicted molar refractivity (Wildman–Crippen MR) is 132 cm³/mol. The largest absolute Gasteiger partial charge is 0.342 e. The van der Waals surface area contributed by atoms with Gasteiger partial charge in [-0.15, -0.1) is 0 Å². The van der Waals surface area contributed by atoms with Gasteiger partial charge in [-0.05, 0) is 40.1 Å². The van der Waals surface area contributed by atoms with Crippen LogP contribution in [-0.4, -0.2) is 9.49 Å². The molecule has 5 rings (SSSR count). The Kier molecular flexibility index (Phi) is 5.18. The number of para-hydroxylation sites is 1. The second kappa shape index (κ2) is 8.45. The number of rotatable bonds is 5. The first-order chi connectivity index (χ1) is 16.1. The summed E-state index contributed by atoms with van der Waals surface area (Å²) in [5, 5.41) is 24.1. The van der Waals surface area contributed by atoms with Crippen LogP contribution in [0.5, 0.6) is 0 Å². The van der Waals surface area contributed by atoms with Crippen molar-refractivity contribution in [1.82, 2.24) is 4.57 Å². The van der Waals surface area contributed by atoms with E-state index in [-0.39, 0.29) is 5.69 Å². The fraction of sp³-hybridized carbons (Fsp3) is 0.0357. The van der Waals surface area contributed by atoms with Crippen LogP contribution in [0.25, 0.3) is 33.3 Å². The first-order valence-electron chi connectivity index (χ1n) is 10.5. The number of nitrogens with zero attached hydrogens (tertiary/aromatic N) is 3. The first-order valence-corrected chi connectivity index (χ1v) is 10.5. The van der Waals surface area contributed by atoms with Crippen LogP contribution in [0.15, 0.2) is 97.2 Å². The highest BCUT2D eigenvalue weighted by molar-refractivity contribution is 5.99. The van der Waals surface area contributed by atoms with Crippen molar-refractivity contribution in [3.63, 3.8) is 0 Å². The lowest BCUT2D eigenvalue weighted by atomic mass is 10.00. The van der Waals surface area contributed by atoms with Gasteiger partial charge in [-0.1, -0.05) is 66.7 Å². The van der Waals surface area contributed by atoms with Crippen LogP contribution >= 0.6 is 0 Å². The molecule has 0 spiro atoms. The van der Waals surface area contributed by atoms with Crippen molar-refractivity contribution in [3.8, 4) is 6.07 Å². The van der Waals surface area contributed by atoms with Gasteiger partial charge in [0.15, 0.2) is 0 Å². The summed E-state index contributed by atoms with van der Waals surface area (Å²) in [5.74, 6) is 0. The number of nitro groups is 1. The molecule has 0 bridgehead atoms. The third kappa shape index (κ3) is 3.98. The molecular formula is C28H19N3O2. The normalized spacial score (nSPS) is 11.5. The maximum absolute atomic E-state index is 10.9. The molecule has 0 N–H and O–H groups in total. The van der Waals surface area contributed by atoms with Gasteiger partial charge in [0.2, 0.25) is 0 Å².